The lowest BCUT2D eigenvalue weighted by atomic mass is 9.93. The molecule has 0 N–H and O–H groups in total. The largest absolute Gasteiger partial charge is 0.385 e. The molecule has 2 heterocycles. The SMILES string of the molecule is COCCCC1CCCN(C(=O)c2cc(C)n(C)c2C)C1. The summed E-state index contributed by atoms with van der Waals surface area (Å²) < 4.78 is 7.22. The highest BCUT2D eigenvalue weighted by atomic mass is 16.5. The number of nitrogens with zero attached hydrogens (tertiary/aromatic N) is 2. The molecular formula is C17H28N2O2. The van der Waals surface area contributed by atoms with E-state index in [4.69, 9.17) is 4.74 Å². The highest BCUT2D eigenvalue weighted by Gasteiger charge is 2.26. The van der Waals surface area contributed by atoms with Gasteiger partial charge in [-0.25, -0.2) is 0 Å². The number of rotatable bonds is 5. The predicted octanol–water partition coefficient (Wildman–Crippen LogP) is 2.92. The fourth-order valence-corrected chi connectivity index (χ4v) is 3.24. The first-order valence-electron chi connectivity index (χ1n) is 7.95. The second kappa shape index (κ2) is 7.12. The normalized spacial score (nSPS) is 19.0. The van der Waals surface area contributed by atoms with E-state index in [9.17, 15) is 4.79 Å². The molecule has 1 fully saturated rings. The molecule has 1 aromatic rings. The van der Waals surface area contributed by atoms with Crippen molar-refractivity contribution in [1.82, 2.24) is 9.47 Å². The molecule has 4 heteroatoms. The molecule has 21 heavy (non-hydrogen) atoms. The van der Waals surface area contributed by atoms with Crippen molar-refractivity contribution in [2.45, 2.75) is 39.5 Å². The minimum absolute atomic E-state index is 0.202. The van der Waals surface area contributed by atoms with Crippen LogP contribution in [-0.2, 0) is 11.8 Å². The molecule has 1 saturated heterocycles. The third-order valence-corrected chi connectivity index (χ3v) is 4.77. The highest BCUT2D eigenvalue weighted by molar-refractivity contribution is 5.95. The molecule has 1 aliphatic rings. The zero-order valence-electron chi connectivity index (χ0n) is 13.8. The summed E-state index contributed by atoms with van der Waals surface area (Å²) in [6.45, 7) is 6.69. The molecule has 0 bridgehead atoms. The zero-order valence-corrected chi connectivity index (χ0v) is 13.8. The van der Waals surface area contributed by atoms with Crippen molar-refractivity contribution in [3.8, 4) is 0 Å². The average Bonchev–Trinajstić information content (AvgIpc) is 2.75. The number of carbonyl (C=O) groups excluding carboxylic acids is 1. The lowest BCUT2D eigenvalue weighted by molar-refractivity contribution is 0.0659. The van der Waals surface area contributed by atoms with Crippen LogP contribution in [0, 0.1) is 19.8 Å². The molecule has 0 aromatic carbocycles. The maximum atomic E-state index is 12.7. The Morgan fingerprint density at radius 1 is 1.43 bits per heavy atom. The Hall–Kier alpha value is -1.29. The maximum Gasteiger partial charge on any atom is 0.255 e. The van der Waals surface area contributed by atoms with E-state index in [0.717, 1.165) is 55.9 Å². The Morgan fingerprint density at radius 2 is 2.19 bits per heavy atom. The minimum atomic E-state index is 0.202. The summed E-state index contributed by atoms with van der Waals surface area (Å²) in [4.78, 5) is 14.8. The van der Waals surface area contributed by atoms with Crippen LogP contribution in [0.25, 0.3) is 0 Å². The molecule has 1 atom stereocenters. The molecule has 0 radical (unpaired) electrons. The smallest absolute Gasteiger partial charge is 0.255 e. The Balaban J connectivity index is 2.00. The first-order chi connectivity index (χ1) is 10.0. The highest BCUT2D eigenvalue weighted by Crippen LogP contribution is 2.24. The van der Waals surface area contributed by atoms with Crippen molar-refractivity contribution in [1.29, 1.82) is 0 Å². The molecule has 2 rings (SSSR count). The topological polar surface area (TPSA) is 34.5 Å². The molecule has 118 valence electrons. The van der Waals surface area contributed by atoms with Crippen molar-refractivity contribution in [3.05, 3.63) is 23.0 Å². The summed E-state index contributed by atoms with van der Waals surface area (Å²) in [5.74, 6) is 0.829. The van der Waals surface area contributed by atoms with Gasteiger partial charge in [-0.05, 0) is 51.5 Å². The molecule has 0 aliphatic carbocycles. The van der Waals surface area contributed by atoms with E-state index in [0.29, 0.717) is 5.92 Å². The van der Waals surface area contributed by atoms with Crippen LogP contribution in [0.4, 0.5) is 0 Å². The molecular weight excluding hydrogens is 264 g/mol. The molecule has 1 unspecified atom stereocenters. The lowest BCUT2D eigenvalue weighted by Crippen LogP contribution is -2.40. The fourth-order valence-electron chi connectivity index (χ4n) is 3.24. The van der Waals surface area contributed by atoms with Gasteiger partial charge in [0.05, 0.1) is 5.56 Å². The summed E-state index contributed by atoms with van der Waals surface area (Å²) in [7, 11) is 3.77. The van der Waals surface area contributed by atoms with Gasteiger partial charge in [0.15, 0.2) is 0 Å². The number of ether oxygens (including phenoxy) is 1. The summed E-state index contributed by atoms with van der Waals surface area (Å²) in [5.41, 5.74) is 3.08. The van der Waals surface area contributed by atoms with Crippen LogP contribution in [0.1, 0.15) is 47.4 Å². The van der Waals surface area contributed by atoms with Crippen LogP contribution in [0.3, 0.4) is 0 Å². The standard InChI is InChI=1S/C17H28N2O2/c1-13-11-16(14(2)18(13)3)17(20)19-9-5-7-15(12-19)8-6-10-21-4/h11,15H,5-10,12H2,1-4H3. The van der Waals surface area contributed by atoms with E-state index in [1.165, 1.54) is 6.42 Å². The van der Waals surface area contributed by atoms with E-state index < -0.39 is 0 Å². The number of likely N-dealkylation sites (tertiary alicyclic amines) is 1. The summed E-state index contributed by atoms with van der Waals surface area (Å²) in [6, 6.07) is 2.02. The van der Waals surface area contributed by atoms with Gasteiger partial charge in [0.1, 0.15) is 0 Å². The van der Waals surface area contributed by atoms with Crippen molar-refractivity contribution < 1.29 is 9.53 Å². The van der Waals surface area contributed by atoms with E-state index in [1.54, 1.807) is 7.11 Å². The Labute approximate surface area is 128 Å². The zero-order chi connectivity index (χ0) is 15.4. The van der Waals surface area contributed by atoms with Crippen LogP contribution >= 0.6 is 0 Å². The average molecular weight is 292 g/mol. The number of amides is 1. The van der Waals surface area contributed by atoms with E-state index in [1.807, 2.05) is 31.9 Å². The maximum absolute atomic E-state index is 12.7. The number of aryl methyl sites for hydroxylation is 1. The van der Waals surface area contributed by atoms with Crippen molar-refractivity contribution in [2.24, 2.45) is 13.0 Å². The lowest BCUT2D eigenvalue weighted by Gasteiger charge is -2.33. The van der Waals surface area contributed by atoms with Gasteiger partial charge in [0, 0.05) is 45.2 Å². The van der Waals surface area contributed by atoms with Crippen LogP contribution in [0.15, 0.2) is 6.07 Å². The first kappa shape index (κ1) is 16.1. The molecule has 1 aliphatic heterocycles. The third-order valence-electron chi connectivity index (χ3n) is 4.77. The Morgan fingerprint density at radius 3 is 2.81 bits per heavy atom. The molecule has 0 spiro atoms. The van der Waals surface area contributed by atoms with Crippen LogP contribution in [0.2, 0.25) is 0 Å². The summed E-state index contributed by atoms with van der Waals surface area (Å²) in [6.07, 6.45) is 4.60. The summed E-state index contributed by atoms with van der Waals surface area (Å²) >= 11 is 0. The van der Waals surface area contributed by atoms with Gasteiger partial charge >= 0.3 is 0 Å². The number of aromatic nitrogens is 1. The van der Waals surface area contributed by atoms with Gasteiger partial charge in [0.2, 0.25) is 0 Å². The molecule has 1 amide bonds. The van der Waals surface area contributed by atoms with Gasteiger partial charge < -0.3 is 14.2 Å². The second-order valence-electron chi connectivity index (χ2n) is 6.24. The van der Waals surface area contributed by atoms with Gasteiger partial charge in [-0.3, -0.25) is 4.79 Å². The second-order valence-corrected chi connectivity index (χ2v) is 6.24. The van der Waals surface area contributed by atoms with Crippen LogP contribution in [-0.4, -0.2) is 42.2 Å². The molecule has 4 nitrogen and oxygen atoms in total. The molecule has 0 saturated carbocycles. The predicted molar refractivity (Wildman–Crippen MR) is 84.6 cm³/mol. The van der Waals surface area contributed by atoms with E-state index in [2.05, 4.69) is 4.57 Å². The monoisotopic (exact) mass is 292 g/mol. The van der Waals surface area contributed by atoms with Crippen LogP contribution < -0.4 is 0 Å². The van der Waals surface area contributed by atoms with Gasteiger partial charge in [-0.2, -0.15) is 0 Å². The quantitative estimate of drug-likeness (QED) is 0.782. The molecule has 1 aromatic heterocycles. The van der Waals surface area contributed by atoms with E-state index >= 15 is 0 Å². The summed E-state index contributed by atoms with van der Waals surface area (Å²) in [5, 5.41) is 0. The third kappa shape index (κ3) is 3.67. The first-order valence-corrected chi connectivity index (χ1v) is 7.95. The fraction of sp³-hybridized carbons (Fsp3) is 0.706. The van der Waals surface area contributed by atoms with Crippen LogP contribution in [0.5, 0.6) is 0 Å². The number of carbonyl (C=O) groups is 1. The number of hydrogen-bond acceptors (Lipinski definition) is 2. The van der Waals surface area contributed by atoms with Crippen molar-refractivity contribution in [2.75, 3.05) is 26.8 Å². The van der Waals surface area contributed by atoms with Gasteiger partial charge in [-0.15, -0.1) is 0 Å². The van der Waals surface area contributed by atoms with E-state index in [-0.39, 0.29) is 5.91 Å². The van der Waals surface area contributed by atoms with Gasteiger partial charge in [0.25, 0.3) is 5.91 Å². The minimum Gasteiger partial charge on any atom is -0.385 e. The Bertz CT molecular complexity index is 493. The van der Waals surface area contributed by atoms with Crippen molar-refractivity contribution in [3.63, 3.8) is 0 Å². The van der Waals surface area contributed by atoms with Gasteiger partial charge in [-0.1, -0.05) is 0 Å². The number of hydrogen-bond donors (Lipinski definition) is 0. The number of piperidine rings is 1. The number of methoxy groups -OCH3 is 1. The Kier molecular flexibility index (Phi) is 5.45. The van der Waals surface area contributed by atoms with Crippen molar-refractivity contribution >= 4 is 5.91 Å².